The van der Waals surface area contributed by atoms with Crippen molar-refractivity contribution in [2.75, 3.05) is 4.90 Å². The lowest BCUT2D eigenvalue weighted by atomic mass is 9.96. The molecule has 3 heteroatoms. The van der Waals surface area contributed by atoms with Gasteiger partial charge < -0.3 is 13.7 Å². The SMILES string of the molecule is c1ccc(N(c2ccc(-c3ccc(-c4cccc5ccccc45)cc3)cc2)c2cccc3oc4ccccc4c23)c(-c2cccc3c2oc2ccccc23)c1. The molecule has 9 aromatic carbocycles. The summed E-state index contributed by atoms with van der Waals surface area (Å²) in [4.78, 5) is 2.37. The Bertz CT molecular complexity index is 3200. The van der Waals surface area contributed by atoms with Crippen molar-refractivity contribution in [1.29, 1.82) is 0 Å². The third-order valence-corrected chi connectivity index (χ3v) is 10.9. The number of furan rings is 2. The number of anilines is 3. The predicted octanol–water partition coefficient (Wildman–Crippen LogP) is 15.1. The summed E-state index contributed by atoms with van der Waals surface area (Å²) < 4.78 is 13.0. The van der Waals surface area contributed by atoms with Crippen molar-refractivity contribution in [3.63, 3.8) is 0 Å². The highest BCUT2D eigenvalue weighted by atomic mass is 16.3. The largest absolute Gasteiger partial charge is 0.456 e. The molecule has 0 amide bonds. The van der Waals surface area contributed by atoms with Crippen LogP contribution in [0.2, 0.25) is 0 Å². The minimum absolute atomic E-state index is 0.850. The highest BCUT2D eigenvalue weighted by Gasteiger charge is 2.23. The Morgan fingerprint density at radius 1 is 0.309 bits per heavy atom. The summed E-state index contributed by atoms with van der Waals surface area (Å²) in [5.41, 5.74) is 13.5. The van der Waals surface area contributed by atoms with E-state index in [1.54, 1.807) is 0 Å². The Balaban J connectivity index is 1.07. The molecule has 0 fully saturated rings. The lowest BCUT2D eigenvalue weighted by Gasteiger charge is -2.28. The van der Waals surface area contributed by atoms with Crippen molar-refractivity contribution in [1.82, 2.24) is 0 Å². The standard InChI is InChI=1S/C52H33NO2/c1-2-14-39-36(12-1)13-9-18-40(39)37-28-26-34(27-29-37)35-30-32-38(33-31-35)53(47-22-11-25-50-51(47)45-17-5-8-24-49(45)54-50)46-21-6-3-15-41(46)43-19-10-20-44-42-16-4-7-23-48(42)55-52(43)44/h1-33H. The molecule has 0 radical (unpaired) electrons. The van der Waals surface area contributed by atoms with Gasteiger partial charge in [0.05, 0.1) is 16.8 Å². The van der Waals surface area contributed by atoms with Gasteiger partial charge >= 0.3 is 0 Å². The van der Waals surface area contributed by atoms with Gasteiger partial charge in [-0.1, -0.05) is 158 Å². The molecule has 0 aliphatic heterocycles. The Kier molecular flexibility index (Phi) is 7.17. The van der Waals surface area contributed by atoms with E-state index in [1.807, 2.05) is 24.3 Å². The van der Waals surface area contributed by atoms with Gasteiger partial charge in [0.2, 0.25) is 0 Å². The second-order valence-electron chi connectivity index (χ2n) is 14.0. The van der Waals surface area contributed by atoms with Crippen LogP contribution in [-0.2, 0) is 0 Å². The van der Waals surface area contributed by atoms with Gasteiger partial charge in [0.25, 0.3) is 0 Å². The lowest BCUT2D eigenvalue weighted by Crippen LogP contribution is -2.11. The smallest absolute Gasteiger partial charge is 0.143 e. The van der Waals surface area contributed by atoms with Gasteiger partial charge in [-0.2, -0.15) is 0 Å². The van der Waals surface area contributed by atoms with E-state index in [-0.39, 0.29) is 0 Å². The first-order valence-corrected chi connectivity index (χ1v) is 18.7. The second-order valence-corrected chi connectivity index (χ2v) is 14.0. The molecule has 0 N–H and O–H groups in total. The number of hydrogen-bond donors (Lipinski definition) is 0. The third kappa shape index (κ3) is 5.13. The third-order valence-electron chi connectivity index (χ3n) is 10.9. The summed E-state index contributed by atoms with van der Waals surface area (Å²) in [5.74, 6) is 0. The average molecular weight is 704 g/mol. The van der Waals surface area contributed by atoms with Crippen LogP contribution >= 0.6 is 0 Å². The maximum atomic E-state index is 6.59. The van der Waals surface area contributed by atoms with Crippen LogP contribution in [-0.4, -0.2) is 0 Å². The van der Waals surface area contributed by atoms with Gasteiger partial charge in [-0.3, -0.25) is 0 Å². The van der Waals surface area contributed by atoms with E-state index >= 15 is 0 Å². The van der Waals surface area contributed by atoms with Crippen LogP contribution in [0.5, 0.6) is 0 Å². The molecule has 55 heavy (non-hydrogen) atoms. The summed E-state index contributed by atoms with van der Waals surface area (Å²) >= 11 is 0. The van der Waals surface area contributed by atoms with Crippen molar-refractivity contribution >= 4 is 71.7 Å². The number of benzene rings is 9. The molecular weight excluding hydrogens is 671 g/mol. The highest BCUT2D eigenvalue weighted by Crippen LogP contribution is 2.47. The van der Waals surface area contributed by atoms with E-state index in [2.05, 4.69) is 181 Å². The summed E-state index contributed by atoms with van der Waals surface area (Å²) in [6.45, 7) is 0. The molecule has 0 spiro atoms. The first-order chi connectivity index (χ1) is 27.3. The van der Waals surface area contributed by atoms with Crippen molar-refractivity contribution in [3.05, 3.63) is 200 Å². The maximum Gasteiger partial charge on any atom is 0.143 e. The topological polar surface area (TPSA) is 29.5 Å². The molecular formula is C52H33NO2. The van der Waals surface area contributed by atoms with Gasteiger partial charge in [0.1, 0.15) is 22.3 Å². The predicted molar refractivity (Wildman–Crippen MR) is 229 cm³/mol. The minimum atomic E-state index is 0.850. The van der Waals surface area contributed by atoms with Crippen LogP contribution < -0.4 is 4.90 Å². The first-order valence-electron chi connectivity index (χ1n) is 18.7. The fourth-order valence-electron chi connectivity index (χ4n) is 8.33. The van der Waals surface area contributed by atoms with Gasteiger partial charge in [0, 0.05) is 33.0 Å². The van der Waals surface area contributed by atoms with E-state index in [4.69, 9.17) is 8.83 Å². The summed E-state index contributed by atoms with van der Waals surface area (Å²) in [7, 11) is 0. The molecule has 0 saturated heterocycles. The average Bonchev–Trinajstić information content (AvgIpc) is 3.83. The van der Waals surface area contributed by atoms with E-state index in [1.165, 1.54) is 27.5 Å². The maximum absolute atomic E-state index is 6.59. The van der Waals surface area contributed by atoms with Crippen LogP contribution in [0.15, 0.2) is 209 Å². The number of hydrogen-bond acceptors (Lipinski definition) is 3. The summed E-state index contributed by atoms with van der Waals surface area (Å²) in [5, 5.41) is 6.89. The van der Waals surface area contributed by atoms with E-state index < -0.39 is 0 Å². The molecule has 11 rings (SSSR count). The van der Waals surface area contributed by atoms with Crippen molar-refractivity contribution in [2.24, 2.45) is 0 Å². The molecule has 0 bridgehead atoms. The molecule has 0 aliphatic rings. The van der Waals surface area contributed by atoms with Crippen LogP contribution in [0, 0.1) is 0 Å². The number of para-hydroxylation sites is 4. The van der Waals surface area contributed by atoms with Crippen LogP contribution in [0.25, 0.3) is 88.0 Å². The molecule has 258 valence electrons. The number of rotatable bonds is 6. The fraction of sp³-hybridized carbons (Fsp3) is 0. The lowest BCUT2D eigenvalue weighted by molar-refractivity contribution is 0.669. The number of fused-ring (bicyclic) bond motifs is 7. The molecule has 11 aromatic rings. The van der Waals surface area contributed by atoms with Crippen LogP contribution in [0.1, 0.15) is 0 Å². The second kappa shape index (κ2) is 12.6. The Labute approximate surface area is 317 Å². The molecule has 2 aromatic heterocycles. The van der Waals surface area contributed by atoms with Crippen molar-refractivity contribution in [2.45, 2.75) is 0 Å². The van der Waals surface area contributed by atoms with E-state index in [9.17, 15) is 0 Å². The van der Waals surface area contributed by atoms with E-state index in [0.29, 0.717) is 0 Å². The zero-order chi connectivity index (χ0) is 36.3. The summed E-state index contributed by atoms with van der Waals surface area (Å²) in [6.07, 6.45) is 0. The van der Waals surface area contributed by atoms with Gasteiger partial charge in [-0.25, -0.2) is 0 Å². The quantitative estimate of drug-likeness (QED) is 0.173. The van der Waals surface area contributed by atoms with Crippen LogP contribution in [0.3, 0.4) is 0 Å². The Morgan fingerprint density at radius 3 is 1.67 bits per heavy atom. The molecule has 0 atom stereocenters. The molecule has 0 saturated carbocycles. The molecule has 2 heterocycles. The molecule has 0 aliphatic carbocycles. The van der Waals surface area contributed by atoms with Crippen LogP contribution in [0.4, 0.5) is 17.1 Å². The zero-order valence-corrected chi connectivity index (χ0v) is 29.8. The minimum Gasteiger partial charge on any atom is -0.456 e. The first kappa shape index (κ1) is 31.2. The van der Waals surface area contributed by atoms with Gasteiger partial charge in [0.15, 0.2) is 0 Å². The molecule has 3 nitrogen and oxygen atoms in total. The Morgan fingerprint density at radius 2 is 0.836 bits per heavy atom. The fourth-order valence-corrected chi connectivity index (χ4v) is 8.33. The van der Waals surface area contributed by atoms with Gasteiger partial charge in [-0.15, -0.1) is 0 Å². The number of nitrogens with zero attached hydrogens (tertiary/aromatic N) is 1. The Hall–Kier alpha value is -7.36. The van der Waals surface area contributed by atoms with Crippen molar-refractivity contribution < 1.29 is 8.83 Å². The molecule has 0 unspecified atom stereocenters. The van der Waals surface area contributed by atoms with Crippen molar-refractivity contribution in [3.8, 4) is 33.4 Å². The normalized spacial score (nSPS) is 11.6. The van der Waals surface area contributed by atoms with Gasteiger partial charge in [-0.05, 0) is 75.5 Å². The van der Waals surface area contributed by atoms with E-state index in [0.717, 1.165) is 77.6 Å². The highest BCUT2D eigenvalue weighted by molar-refractivity contribution is 6.15. The summed E-state index contributed by atoms with van der Waals surface area (Å²) in [6, 6.07) is 70.9. The zero-order valence-electron chi connectivity index (χ0n) is 29.8. The monoisotopic (exact) mass is 703 g/mol.